The molecule has 0 saturated carbocycles. The van der Waals surface area contributed by atoms with Crippen LogP contribution in [0.2, 0.25) is 0 Å². The van der Waals surface area contributed by atoms with Crippen molar-refractivity contribution in [3.63, 3.8) is 0 Å². The molecule has 0 unspecified atom stereocenters. The summed E-state index contributed by atoms with van der Waals surface area (Å²) in [5.74, 6) is 0.491. The van der Waals surface area contributed by atoms with E-state index in [0.29, 0.717) is 12.4 Å². The monoisotopic (exact) mass is 267 g/mol. The van der Waals surface area contributed by atoms with Gasteiger partial charge < -0.3 is 5.32 Å². The van der Waals surface area contributed by atoms with Crippen LogP contribution >= 0.6 is 0 Å². The third kappa shape index (κ3) is 3.50. The van der Waals surface area contributed by atoms with E-state index >= 15 is 0 Å². The number of anilines is 1. The summed E-state index contributed by atoms with van der Waals surface area (Å²) in [7, 11) is 1.67. The lowest BCUT2D eigenvalue weighted by molar-refractivity contribution is 0.251. The van der Waals surface area contributed by atoms with E-state index in [-0.39, 0.29) is 12.6 Å². The summed E-state index contributed by atoms with van der Waals surface area (Å²) in [5.41, 5.74) is 0.798. The predicted molar refractivity (Wildman–Crippen MR) is 65.1 cm³/mol. The Hall–Kier alpha value is -2.45. The Balaban J connectivity index is 1.81. The van der Waals surface area contributed by atoms with Gasteiger partial charge >= 0.3 is 6.03 Å². The number of nitrogens with one attached hydrogen (secondary N) is 2. The van der Waals surface area contributed by atoms with Crippen molar-refractivity contribution in [2.45, 2.75) is 13.1 Å². The van der Waals surface area contributed by atoms with Gasteiger partial charge in [0.15, 0.2) is 5.82 Å². The van der Waals surface area contributed by atoms with Crippen molar-refractivity contribution in [1.29, 1.82) is 0 Å². The summed E-state index contributed by atoms with van der Waals surface area (Å²) in [5, 5.41) is 16.5. The van der Waals surface area contributed by atoms with Crippen molar-refractivity contribution in [3.05, 3.63) is 24.2 Å². The first-order valence-electron chi connectivity index (χ1n) is 5.66. The molecule has 2 aromatic heterocycles. The number of nitrogens with zero attached hydrogens (tertiary/aromatic N) is 5. The number of hydrogen-bond acceptors (Lipinski definition) is 4. The first kappa shape index (κ1) is 13.0. The summed E-state index contributed by atoms with van der Waals surface area (Å²) >= 11 is 0. The zero-order chi connectivity index (χ0) is 13.7. The Morgan fingerprint density at radius 3 is 3.00 bits per heavy atom. The van der Waals surface area contributed by atoms with Gasteiger partial charge in [-0.25, -0.2) is 13.9 Å². The smallest absolute Gasteiger partial charge is 0.320 e. The zero-order valence-corrected chi connectivity index (χ0v) is 10.4. The average molecular weight is 267 g/mol. The van der Waals surface area contributed by atoms with Crippen molar-refractivity contribution in [2.24, 2.45) is 7.05 Å². The average Bonchev–Trinajstić information content (AvgIpc) is 2.98. The summed E-state index contributed by atoms with van der Waals surface area (Å²) < 4.78 is 15.0. The highest BCUT2D eigenvalue weighted by Gasteiger charge is 2.06. The van der Waals surface area contributed by atoms with Crippen molar-refractivity contribution < 1.29 is 9.18 Å². The van der Waals surface area contributed by atoms with Crippen LogP contribution in [0.25, 0.3) is 0 Å². The molecule has 19 heavy (non-hydrogen) atoms. The van der Waals surface area contributed by atoms with Gasteiger partial charge in [-0.2, -0.15) is 5.10 Å². The molecule has 2 N–H and O–H groups in total. The van der Waals surface area contributed by atoms with Gasteiger partial charge in [0.2, 0.25) is 0 Å². The van der Waals surface area contributed by atoms with E-state index in [2.05, 4.69) is 26.0 Å². The van der Waals surface area contributed by atoms with Crippen molar-refractivity contribution in [2.75, 3.05) is 12.0 Å². The molecule has 0 fully saturated rings. The lowest BCUT2D eigenvalue weighted by atomic mass is 10.4. The summed E-state index contributed by atoms with van der Waals surface area (Å²) in [4.78, 5) is 11.6. The molecule has 2 heterocycles. The number of aromatic nitrogens is 5. The van der Waals surface area contributed by atoms with E-state index in [1.165, 1.54) is 15.6 Å². The first-order valence-corrected chi connectivity index (χ1v) is 5.66. The molecule has 0 aromatic carbocycles. The Bertz CT molecular complexity index is 550. The number of aryl methyl sites for hydroxylation is 2. The minimum Gasteiger partial charge on any atom is -0.334 e. The van der Waals surface area contributed by atoms with Crippen molar-refractivity contribution in [1.82, 2.24) is 30.1 Å². The molecule has 0 aliphatic heterocycles. The van der Waals surface area contributed by atoms with Gasteiger partial charge in [-0.05, 0) is 0 Å². The number of amides is 2. The van der Waals surface area contributed by atoms with Gasteiger partial charge in [-0.15, -0.1) is 5.10 Å². The van der Waals surface area contributed by atoms with Gasteiger partial charge in [0.25, 0.3) is 0 Å². The molecule has 102 valence electrons. The molecular formula is C10H14FN7O. The van der Waals surface area contributed by atoms with Crippen molar-refractivity contribution >= 4 is 11.8 Å². The lowest BCUT2D eigenvalue weighted by Gasteiger charge is -2.05. The van der Waals surface area contributed by atoms with E-state index in [1.807, 2.05) is 0 Å². The van der Waals surface area contributed by atoms with E-state index in [4.69, 9.17) is 0 Å². The van der Waals surface area contributed by atoms with Crippen LogP contribution in [0.1, 0.15) is 5.56 Å². The number of halogens is 1. The molecular weight excluding hydrogens is 253 g/mol. The Morgan fingerprint density at radius 1 is 1.47 bits per heavy atom. The Kier molecular flexibility index (Phi) is 4.06. The molecule has 8 nitrogen and oxygen atoms in total. The second kappa shape index (κ2) is 5.94. The molecule has 0 aliphatic carbocycles. The highest BCUT2D eigenvalue weighted by Crippen LogP contribution is 2.01. The molecule has 9 heteroatoms. The maximum absolute atomic E-state index is 12.1. The van der Waals surface area contributed by atoms with Gasteiger partial charge in [-0.1, -0.05) is 5.21 Å². The van der Waals surface area contributed by atoms with Gasteiger partial charge in [-0.3, -0.25) is 10.00 Å². The molecule has 0 aliphatic rings. The third-order valence-electron chi connectivity index (χ3n) is 2.41. The van der Waals surface area contributed by atoms with Crippen molar-refractivity contribution in [3.8, 4) is 0 Å². The maximum atomic E-state index is 12.1. The second-order valence-electron chi connectivity index (χ2n) is 3.85. The molecule has 0 atom stereocenters. The van der Waals surface area contributed by atoms with Crippen LogP contribution in [-0.4, -0.2) is 37.5 Å². The standard InChI is InChI=1S/C10H14FN7O/c1-17-9(6-13-16-17)15-10(19)12-4-8-5-14-18(7-8)3-2-11/h5-7H,2-4H2,1H3,(H2,12,15,19). The first-order chi connectivity index (χ1) is 9.19. The highest BCUT2D eigenvalue weighted by atomic mass is 19.1. The zero-order valence-electron chi connectivity index (χ0n) is 10.4. The Labute approximate surface area is 108 Å². The minimum absolute atomic E-state index is 0.215. The molecule has 2 amide bonds. The SMILES string of the molecule is Cn1nncc1NC(=O)NCc1cnn(CCF)c1. The van der Waals surface area contributed by atoms with Crippen LogP contribution in [0.15, 0.2) is 18.6 Å². The van der Waals surface area contributed by atoms with Crippen LogP contribution in [0.5, 0.6) is 0 Å². The topological polar surface area (TPSA) is 89.7 Å². The molecule has 0 spiro atoms. The van der Waals surface area contributed by atoms with Crippen LogP contribution < -0.4 is 10.6 Å². The molecule has 2 rings (SSSR count). The minimum atomic E-state index is -0.470. The van der Waals surface area contributed by atoms with Crippen LogP contribution in [0.4, 0.5) is 15.0 Å². The van der Waals surface area contributed by atoms with Crippen LogP contribution in [0, 0.1) is 0 Å². The summed E-state index contributed by atoms with van der Waals surface area (Å²) in [6.07, 6.45) is 4.71. The van der Waals surface area contributed by atoms with Gasteiger partial charge in [0, 0.05) is 25.4 Å². The van der Waals surface area contributed by atoms with Crippen LogP contribution in [0.3, 0.4) is 0 Å². The number of hydrogen-bond donors (Lipinski definition) is 2. The molecule has 0 saturated heterocycles. The van der Waals surface area contributed by atoms with Gasteiger partial charge in [0.1, 0.15) is 6.67 Å². The fourth-order valence-electron chi connectivity index (χ4n) is 1.45. The fourth-order valence-corrected chi connectivity index (χ4v) is 1.45. The molecule has 0 radical (unpaired) electrons. The highest BCUT2D eigenvalue weighted by molar-refractivity contribution is 5.87. The number of carbonyl (C=O) groups excluding carboxylic acids is 1. The molecule has 0 bridgehead atoms. The van der Waals surface area contributed by atoms with E-state index in [1.54, 1.807) is 19.4 Å². The quantitative estimate of drug-likeness (QED) is 0.815. The lowest BCUT2D eigenvalue weighted by Crippen LogP contribution is -2.28. The number of urea groups is 1. The number of rotatable bonds is 5. The third-order valence-corrected chi connectivity index (χ3v) is 2.41. The normalized spacial score (nSPS) is 10.4. The summed E-state index contributed by atoms with van der Waals surface area (Å²) in [6, 6.07) is -0.372. The number of alkyl halides is 1. The predicted octanol–water partition coefficient (Wildman–Crippen LogP) is 0.303. The van der Waals surface area contributed by atoms with E-state index in [9.17, 15) is 9.18 Å². The largest absolute Gasteiger partial charge is 0.334 e. The van der Waals surface area contributed by atoms with E-state index < -0.39 is 6.67 Å². The summed E-state index contributed by atoms with van der Waals surface area (Å²) in [6.45, 7) is 0.0544. The second-order valence-corrected chi connectivity index (χ2v) is 3.85. The maximum Gasteiger partial charge on any atom is 0.320 e. The van der Waals surface area contributed by atoms with Gasteiger partial charge in [0.05, 0.1) is 18.9 Å². The van der Waals surface area contributed by atoms with Crippen LogP contribution in [-0.2, 0) is 20.1 Å². The number of carbonyl (C=O) groups is 1. The fraction of sp³-hybridized carbons (Fsp3) is 0.400. The Morgan fingerprint density at radius 2 is 2.32 bits per heavy atom. The van der Waals surface area contributed by atoms with E-state index in [0.717, 1.165) is 5.56 Å². The molecule has 2 aromatic rings.